The average molecular weight is 200 g/mol. The second-order valence-electron chi connectivity index (χ2n) is 4.83. The summed E-state index contributed by atoms with van der Waals surface area (Å²) >= 11 is 0. The van der Waals surface area contributed by atoms with Gasteiger partial charge in [0.2, 0.25) is 0 Å². The normalized spacial score (nSPS) is 33.6. The second kappa shape index (κ2) is 5.69. The molecule has 0 aliphatic heterocycles. The van der Waals surface area contributed by atoms with Gasteiger partial charge in [-0.2, -0.15) is 0 Å². The summed E-state index contributed by atoms with van der Waals surface area (Å²) in [5, 5.41) is 8.81. The van der Waals surface area contributed by atoms with E-state index in [1.807, 2.05) is 0 Å². The number of nitrogens with two attached hydrogens (primary N) is 1. The maximum Gasteiger partial charge on any atom is 0.0558 e. The van der Waals surface area contributed by atoms with E-state index in [4.69, 9.17) is 10.8 Å². The van der Waals surface area contributed by atoms with Crippen LogP contribution in [0.1, 0.15) is 26.2 Å². The van der Waals surface area contributed by atoms with Crippen molar-refractivity contribution in [2.75, 3.05) is 26.7 Å². The van der Waals surface area contributed by atoms with E-state index in [2.05, 4.69) is 18.9 Å². The number of rotatable bonds is 4. The molecule has 3 unspecified atom stereocenters. The molecule has 0 bridgehead atoms. The third-order valence-electron chi connectivity index (χ3n) is 3.33. The highest BCUT2D eigenvalue weighted by molar-refractivity contribution is 4.82. The number of nitrogens with zero attached hydrogens (tertiary/aromatic N) is 1. The molecule has 0 aromatic carbocycles. The first-order valence-corrected chi connectivity index (χ1v) is 5.68. The molecular formula is C11H24N2O. The molecule has 0 aromatic heterocycles. The predicted molar refractivity (Wildman–Crippen MR) is 59.1 cm³/mol. The Labute approximate surface area is 87.3 Å². The van der Waals surface area contributed by atoms with Crippen molar-refractivity contribution in [1.82, 2.24) is 4.90 Å². The number of likely N-dealkylation sites (N-methyl/N-ethyl adjacent to an activating group) is 1. The van der Waals surface area contributed by atoms with Crippen LogP contribution in [0.2, 0.25) is 0 Å². The van der Waals surface area contributed by atoms with Gasteiger partial charge in [-0.25, -0.2) is 0 Å². The molecule has 0 aromatic rings. The van der Waals surface area contributed by atoms with Crippen molar-refractivity contribution in [2.24, 2.45) is 17.6 Å². The lowest BCUT2D eigenvalue weighted by atomic mass is 9.79. The summed E-state index contributed by atoms with van der Waals surface area (Å²) in [6.45, 7) is 4.35. The first-order chi connectivity index (χ1) is 6.63. The molecule has 1 saturated carbocycles. The molecule has 3 heteroatoms. The zero-order valence-electron chi connectivity index (χ0n) is 9.45. The van der Waals surface area contributed by atoms with Crippen molar-refractivity contribution in [3.05, 3.63) is 0 Å². The molecule has 14 heavy (non-hydrogen) atoms. The molecular weight excluding hydrogens is 176 g/mol. The lowest BCUT2D eigenvalue weighted by Gasteiger charge is -2.34. The van der Waals surface area contributed by atoms with Crippen molar-refractivity contribution in [3.63, 3.8) is 0 Å². The molecule has 1 fully saturated rings. The van der Waals surface area contributed by atoms with Crippen molar-refractivity contribution in [1.29, 1.82) is 0 Å². The third kappa shape index (κ3) is 3.56. The van der Waals surface area contributed by atoms with Gasteiger partial charge in [0.05, 0.1) is 6.61 Å². The highest BCUT2D eigenvalue weighted by atomic mass is 16.3. The molecule has 0 saturated heterocycles. The van der Waals surface area contributed by atoms with E-state index in [1.165, 1.54) is 19.3 Å². The maximum absolute atomic E-state index is 8.81. The fraction of sp³-hybridized carbons (Fsp3) is 1.00. The van der Waals surface area contributed by atoms with E-state index >= 15 is 0 Å². The van der Waals surface area contributed by atoms with Crippen LogP contribution in [0.25, 0.3) is 0 Å². The molecule has 1 aliphatic rings. The number of aliphatic hydroxyl groups excluding tert-OH is 1. The Kier molecular flexibility index (Phi) is 4.85. The van der Waals surface area contributed by atoms with E-state index in [9.17, 15) is 0 Å². The van der Waals surface area contributed by atoms with Crippen LogP contribution in [-0.4, -0.2) is 42.8 Å². The Bertz CT molecular complexity index is 163. The molecule has 0 amide bonds. The predicted octanol–water partition coefficient (Wildman–Crippen LogP) is 0.674. The SMILES string of the molecule is CC1CCC(N)C(CN(C)CCO)C1. The van der Waals surface area contributed by atoms with Crippen molar-refractivity contribution in [3.8, 4) is 0 Å². The highest BCUT2D eigenvalue weighted by Gasteiger charge is 2.26. The van der Waals surface area contributed by atoms with E-state index in [1.54, 1.807) is 0 Å². The van der Waals surface area contributed by atoms with Gasteiger partial charge in [-0.05, 0) is 38.1 Å². The summed E-state index contributed by atoms with van der Waals surface area (Å²) in [5.41, 5.74) is 6.10. The van der Waals surface area contributed by atoms with E-state index < -0.39 is 0 Å². The van der Waals surface area contributed by atoms with Crippen LogP contribution >= 0.6 is 0 Å². The summed E-state index contributed by atoms with van der Waals surface area (Å²) in [5.74, 6) is 1.44. The Balaban J connectivity index is 2.33. The van der Waals surface area contributed by atoms with Crippen LogP contribution in [0.5, 0.6) is 0 Å². The van der Waals surface area contributed by atoms with Gasteiger partial charge in [-0.3, -0.25) is 0 Å². The standard InChI is InChI=1S/C11H24N2O/c1-9-3-4-11(12)10(7-9)8-13(2)5-6-14/h9-11,14H,3-8,12H2,1-2H3. The highest BCUT2D eigenvalue weighted by Crippen LogP contribution is 2.28. The summed E-state index contributed by atoms with van der Waals surface area (Å²) in [4.78, 5) is 2.18. The first kappa shape index (κ1) is 12.0. The number of hydrogen-bond donors (Lipinski definition) is 2. The largest absolute Gasteiger partial charge is 0.395 e. The van der Waals surface area contributed by atoms with E-state index in [0.717, 1.165) is 19.0 Å². The van der Waals surface area contributed by atoms with Crippen molar-refractivity contribution >= 4 is 0 Å². The molecule has 3 atom stereocenters. The summed E-state index contributed by atoms with van der Waals surface area (Å²) in [7, 11) is 2.06. The average Bonchev–Trinajstić information content (AvgIpc) is 2.12. The summed E-state index contributed by atoms with van der Waals surface area (Å²) < 4.78 is 0. The van der Waals surface area contributed by atoms with Gasteiger partial charge in [-0.1, -0.05) is 6.92 Å². The van der Waals surface area contributed by atoms with Crippen LogP contribution in [0.15, 0.2) is 0 Å². The summed E-state index contributed by atoms with van der Waals surface area (Å²) in [6.07, 6.45) is 3.69. The second-order valence-corrected chi connectivity index (χ2v) is 4.83. The minimum atomic E-state index is 0.244. The fourth-order valence-electron chi connectivity index (χ4n) is 2.39. The minimum Gasteiger partial charge on any atom is -0.395 e. The molecule has 1 rings (SSSR count). The van der Waals surface area contributed by atoms with Crippen LogP contribution in [0, 0.1) is 11.8 Å². The smallest absolute Gasteiger partial charge is 0.0558 e. The first-order valence-electron chi connectivity index (χ1n) is 5.68. The third-order valence-corrected chi connectivity index (χ3v) is 3.33. The Morgan fingerprint density at radius 2 is 2.14 bits per heavy atom. The Morgan fingerprint density at radius 1 is 1.43 bits per heavy atom. The van der Waals surface area contributed by atoms with Gasteiger partial charge in [0, 0.05) is 19.1 Å². The lowest BCUT2D eigenvalue weighted by molar-refractivity contribution is 0.157. The van der Waals surface area contributed by atoms with Crippen molar-refractivity contribution in [2.45, 2.75) is 32.2 Å². The maximum atomic E-state index is 8.81. The molecule has 84 valence electrons. The zero-order valence-corrected chi connectivity index (χ0v) is 9.45. The van der Waals surface area contributed by atoms with Crippen molar-refractivity contribution < 1.29 is 5.11 Å². The monoisotopic (exact) mass is 200 g/mol. The Morgan fingerprint density at radius 3 is 2.79 bits per heavy atom. The summed E-state index contributed by atoms with van der Waals surface area (Å²) in [6, 6.07) is 0.368. The zero-order chi connectivity index (χ0) is 10.6. The molecule has 3 nitrogen and oxygen atoms in total. The van der Waals surface area contributed by atoms with Crippen LogP contribution in [0.4, 0.5) is 0 Å². The van der Waals surface area contributed by atoms with E-state index in [0.29, 0.717) is 12.0 Å². The van der Waals surface area contributed by atoms with Gasteiger partial charge in [0.15, 0.2) is 0 Å². The topological polar surface area (TPSA) is 49.5 Å². The minimum absolute atomic E-state index is 0.244. The van der Waals surface area contributed by atoms with Gasteiger partial charge in [-0.15, -0.1) is 0 Å². The van der Waals surface area contributed by atoms with Gasteiger partial charge >= 0.3 is 0 Å². The molecule has 0 spiro atoms. The van der Waals surface area contributed by atoms with Crippen LogP contribution in [0.3, 0.4) is 0 Å². The molecule has 0 radical (unpaired) electrons. The molecule has 1 aliphatic carbocycles. The fourth-order valence-corrected chi connectivity index (χ4v) is 2.39. The van der Waals surface area contributed by atoms with Gasteiger partial charge in [0.1, 0.15) is 0 Å². The lowest BCUT2D eigenvalue weighted by Crippen LogP contribution is -2.42. The van der Waals surface area contributed by atoms with E-state index in [-0.39, 0.29) is 6.61 Å². The molecule has 0 heterocycles. The van der Waals surface area contributed by atoms with Crippen LogP contribution < -0.4 is 5.73 Å². The quantitative estimate of drug-likeness (QED) is 0.701. The Hall–Kier alpha value is -0.120. The van der Waals surface area contributed by atoms with Gasteiger partial charge < -0.3 is 15.7 Å². The van der Waals surface area contributed by atoms with Crippen LogP contribution in [-0.2, 0) is 0 Å². The number of aliphatic hydroxyl groups is 1. The number of hydrogen-bond acceptors (Lipinski definition) is 3. The van der Waals surface area contributed by atoms with Gasteiger partial charge in [0.25, 0.3) is 0 Å². The molecule has 3 N–H and O–H groups in total.